The standard InChI is InChI=1S/C22H25ClFN3OS2.ClH/c1-15-13-16(23)14-19-21(15)25-22(30-19)27(11-4-10-26(2)3)20(28)9-12-29-18-7-5-17(24)6-8-18;/h5-8,13-14H,4,9-12H2,1-3H3;1H. The Labute approximate surface area is 202 Å². The average Bonchev–Trinajstić information content (AvgIpc) is 3.10. The maximum Gasteiger partial charge on any atom is 0.229 e. The van der Waals surface area contributed by atoms with Crippen molar-refractivity contribution in [3.8, 4) is 0 Å². The van der Waals surface area contributed by atoms with E-state index >= 15 is 0 Å². The van der Waals surface area contributed by atoms with Crippen LogP contribution in [-0.4, -0.2) is 48.7 Å². The first-order valence-corrected chi connectivity index (χ1v) is 11.9. The van der Waals surface area contributed by atoms with Crippen LogP contribution in [0.25, 0.3) is 10.2 Å². The second-order valence-electron chi connectivity index (χ2n) is 7.32. The molecule has 3 rings (SSSR count). The highest BCUT2D eigenvalue weighted by atomic mass is 35.5. The molecule has 4 nitrogen and oxygen atoms in total. The Morgan fingerprint density at radius 1 is 1.19 bits per heavy atom. The normalized spacial score (nSPS) is 11.0. The second-order valence-corrected chi connectivity index (χ2v) is 9.93. The van der Waals surface area contributed by atoms with Crippen molar-refractivity contribution >= 4 is 68.4 Å². The van der Waals surface area contributed by atoms with Crippen LogP contribution in [0.3, 0.4) is 0 Å². The Hall–Kier alpha value is -1.38. The molecule has 0 saturated heterocycles. The Bertz CT molecular complexity index is 1010. The first kappa shape index (κ1) is 25.9. The Balaban J connectivity index is 0.00000341. The molecule has 0 spiro atoms. The molecule has 1 heterocycles. The van der Waals surface area contributed by atoms with Gasteiger partial charge in [0.05, 0.1) is 10.2 Å². The molecule has 1 aromatic heterocycles. The molecule has 168 valence electrons. The number of benzene rings is 2. The van der Waals surface area contributed by atoms with E-state index in [0.29, 0.717) is 28.9 Å². The highest BCUT2D eigenvalue weighted by molar-refractivity contribution is 7.99. The molecule has 9 heteroatoms. The monoisotopic (exact) mass is 501 g/mol. The predicted molar refractivity (Wildman–Crippen MR) is 134 cm³/mol. The summed E-state index contributed by atoms with van der Waals surface area (Å²) in [5.41, 5.74) is 1.90. The number of carbonyl (C=O) groups excluding carboxylic acids is 1. The number of thioether (sulfide) groups is 1. The molecule has 0 radical (unpaired) electrons. The molecule has 0 aliphatic rings. The van der Waals surface area contributed by atoms with Gasteiger partial charge in [-0.2, -0.15) is 0 Å². The van der Waals surface area contributed by atoms with Gasteiger partial charge in [-0.05, 0) is 75.9 Å². The fraction of sp³-hybridized carbons (Fsp3) is 0.364. The maximum absolute atomic E-state index is 13.1. The lowest BCUT2D eigenvalue weighted by Crippen LogP contribution is -2.33. The third-order valence-electron chi connectivity index (χ3n) is 4.56. The molecule has 3 aromatic rings. The minimum atomic E-state index is -0.256. The Kier molecular flexibility index (Phi) is 10.0. The fourth-order valence-electron chi connectivity index (χ4n) is 3.05. The molecule has 0 fully saturated rings. The average molecular weight is 503 g/mol. The zero-order valence-electron chi connectivity index (χ0n) is 17.7. The highest BCUT2D eigenvalue weighted by Gasteiger charge is 2.20. The topological polar surface area (TPSA) is 36.4 Å². The number of anilines is 1. The van der Waals surface area contributed by atoms with Gasteiger partial charge in [0.25, 0.3) is 0 Å². The Morgan fingerprint density at radius 3 is 2.58 bits per heavy atom. The largest absolute Gasteiger partial charge is 0.309 e. The van der Waals surface area contributed by atoms with Crippen LogP contribution in [0.15, 0.2) is 41.3 Å². The van der Waals surface area contributed by atoms with Crippen LogP contribution < -0.4 is 4.90 Å². The summed E-state index contributed by atoms with van der Waals surface area (Å²) in [5.74, 6) is 0.421. The van der Waals surface area contributed by atoms with Crippen LogP contribution in [0.1, 0.15) is 18.4 Å². The van der Waals surface area contributed by atoms with Crippen LogP contribution in [-0.2, 0) is 4.79 Å². The minimum Gasteiger partial charge on any atom is -0.309 e. The SMILES string of the molecule is Cc1cc(Cl)cc2sc(N(CCCN(C)C)C(=O)CCSc3ccc(F)cc3)nc12.Cl. The van der Waals surface area contributed by atoms with E-state index in [-0.39, 0.29) is 24.1 Å². The van der Waals surface area contributed by atoms with Gasteiger partial charge < -0.3 is 4.90 Å². The van der Waals surface area contributed by atoms with Crippen molar-refractivity contribution in [1.29, 1.82) is 0 Å². The molecule has 0 bridgehead atoms. The summed E-state index contributed by atoms with van der Waals surface area (Å²) in [6.45, 7) is 3.49. The van der Waals surface area contributed by atoms with E-state index in [1.165, 1.54) is 23.5 Å². The van der Waals surface area contributed by atoms with Crippen molar-refractivity contribution in [1.82, 2.24) is 9.88 Å². The van der Waals surface area contributed by atoms with E-state index in [1.807, 2.05) is 33.2 Å². The molecular formula is C22H26Cl2FN3OS2. The number of fused-ring (bicyclic) bond motifs is 1. The van der Waals surface area contributed by atoms with Gasteiger partial charge in [-0.1, -0.05) is 22.9 Å². The number of halogens is 3. The van der Waals surface area contributed by atoms with Gasteiger partial charge in [0, 0.05) is 28.6 Å². The van der Waals surface area contributed by atoms with E-state index in [9.17, 15) is 9.18 Å². The summed E-state index contributed by atoms with van der Waals surface area (Å²) in [5, 5.41) is 1.39. The zero-order valence-corrected chi connectivity index (χ0v) is 20.9. The zero-order chi connectivity index (χ0) is 21.7. The van der Waals surface area contributed by atoms with Crippen molar-refractivity contribution in [2.45, 2.75) is 24.7 Å². The van der Waals surface area contributed by atoms with Crippen molar-refractivity contribution in [3.05, 3.63) is 52.8 Å². The molecular weight excluding hydrogens is 476 g/mol. The summed E-state index contributed by atoms with van der Waals surface area (Å²) >= 11 is 9.25. The van der Waals surface area contributed by atoms with Crippen LogP contribution in [0.2, 0.25) is 5.02 Å². The lowest BCUT2D eigenvalue weighted by Gasteiger charge is -2.21. The fourth-order valence-corrected chi connectivity index (χ4v) is 5.36. The van der Waals surface area contributed by atoms with Crippen molar-refractivity contribution in [2.24, 2.45) is 0 Å². The molecule has 0 atom stereocenters. The number of thiazole rings is 1. The molecule has 0 saturated carbocycles. The molecule has 0 aliphatic carbocycles. The molecule has 0 aliphatic heterocycles. The lowest BCUT2D eigenvalue weighted by molar-refractivity contribution is -0.118. The maximum atomic E-state index is 13.1. The van der Waals surface area contributed by atoms with Crippen molar-refractivity contribution < 1.29 is 9.18 Å². The van der Waals surface area contributed by atoms with Gasteiger partial charge in [-0.3, -0.25) is 9.69 Å². The van der Waals surface area contributed by atoms with Crippen molar-refractivity contribution in [2.75, 3.05) is 37.8 Å². The van der Waals surface area contributed by atoms with Crippen LogP contribution in [0.5, 0.6) is 0 Å². The van der Waals surface area contributed by atoms with Gasteiger partial charge in [-0.15, -0.1) is 24.2 Å². The van der Waals surface area contributed by atoms with Gasteiger partial charge in [0.2, 0.25) is 5.91 Å². The van der Waals surface area contributed by atoms with E-state index < -0.39 is 0 Å². The van der Waals surface area contributed by atoms with Crippen LogP contribution in [0, 0.1) is 12.7 Å². The quantitative estimate of drug-likeness (QED) is 0.323. The third-order valence-corrected chi connectivity index (χ3v) is 6.81. The van der Waals surface area contributed by atoms with E-state index in [4.69, 9.17) is 16.6 Å². The highest BCUT2D eigenvalue weighted by Crippen LogP contribution is 2.33. The number of rotatable bonds is 9. The first-order valence-electron chi connectivity index (χ1n) is 9.73. The number of nitrogens with zero attached hydrogens (tertiary/aromatic N) is 3. The summed E-state index contributed by atoms with van der Waals surface area (Å²) in [4.78, 5) is 22.7. The number of hydrogen-bond donors (Lipinski definition) is 0. The predicted octanol–water partition coefficient (Wildman–Crippen LogP) is 6.29. The lowest BCUT2D eigenvalue weighted by atomic mass is 10.2. The summed E-state index contributed by atoms with van der Waals surface area (Å²) in [6.07, 6.45) is 1.25. The third kappa shape index (κ3) is 7.32. The molecule has 0 N–H and O–H groups in total. The molecule has 2 aromatic carbocycles. The summed E-state index contributed by atoms with van der Waals surface area (Å²) < 4.78 is 14.0. The summed E-state index contributed by atoms with van der Waals surface area (Å²) in [6, 6.07) is 10.1. The van der Waals surface area contributed by atoms with Crippen molar-refractivity contribution in [3.63, 3.8) is 0 Å². The van der Waals surface area contributed by atoms with Gasteiger partial charge in [0.15, 0.2) is 5.13 Å². The van der Waals surface area contributed by atoms with Crippen LogP contribution >= 0.6 is 47.1 Å². The van der Waals surface area contributed by atoms with E-state index in [1.54, 1.807) is 28.8 Å². The number of aryl methyl sites for hydroxylation is 1. The van der Waals surface area contributed by atoms with Crippen LogP contribution in [0.4, 0.5) is 9.52 Å². The minimum absolute atomic E-state index is 0. The molecule has 0 unspecified atom stereocenters. The first-order chi connectivity index (χ1) is 14.3. The Morgan fingerprint density at radius 2 is 1.90 bits per heavy atom. The number of amides is 1. The number of hydrogen-bond acceptors (Lipinski definition) is 5. The van der Waals surface area contributed by atoms with Gasteiger partial charge in [0.1, 0.15) is 5.82 Å². The van der Waals surface area contributed by atoms with E-state index in [0.717, 1.165) is 33.6 Å². The smallest absolute Gasteiger partial charge is 0.229 e. The molecule has 1 amide bonds. The summed E-state index contributed by atoms with van der Waals surface area (Å²) in [7, 11) is 4.04. The van der Waals surface area contributed by atoms with Gasteiger partial charge in [-0.25, -0.2) is 9.37 Å². The number of carbonyl (C=O) groups is 1. The van der Waals surface area contributed by atoms with E-state index in [2.05, 4.69) is 4.90 Å². The second kappa shape index (κ2) is 12.0. The van der Waals surface area contributed by atoms with Gasteiger partial charge >= 0.3 is 0 Å². The molecule has 31 heavy (non-hydrogen) atoms. The number of aromatic nitrogens is 1.